The standard InChI is InChI=1S/C9H18N2O3/c10-11-14-9(12)5-7-13-6-4-8-2-1-3-8/h8,11H,1-7,10H2. The Labute approximate surface area is 83.9 Å². The number of rotatable bonds is 7. The molecule has 0 atom stereocenters. The van der Waals surface area contributed by atoms with E-state index in [0.29, 0.717) is 6.61 Å². The highest BCUT2D eigenvalue weighted by Crippen LogP contribution is 2.28. The Morgan fingerprint density at radius 1 is 1.43 bits per heavy atom. The molecule has 1 rings (SSSR count). The molecule has 0 spiro atoms. The number of hydrazine groups is 1. The molecule has 0 unspecified atom stereocenters. The largest absolute Gasteiger partial charge is 0.381 e. The topological polar surface area (TPSA) is 73.6 Å². The third kappa shape index (κ3) is 4.55. The van der Waals surface area contributed by atoms with E-state index in [9.17, 15) is 4.79 Å². The minimum Gasteiger partial charge on any atom is -0.381 e. The minimum absolute atomic E-state index is 0.245. The third-order valence-electron chi connectivity index (χ3n) is 2.52. The summed E-state index contributed by atoms with van der Waals surface area (Å²) in [6.07, 6.45) is 5.39. The Kier molecular flexibility index (Phi) is 5.51. The molecule has 0 aromatic heterocycles. The maximum absolute atomic E-state index is 10.8. The summed E-state index contributed by atoms with van der Waals surface area (Å²) in [6.45, 7) is 1.15. The maximum atomic E-state index is 10.8. The van der Waals surface area contributed by atoms with Crippen molar-refractivity contribution < 1.29 is 14.4 Å². The van der Waals surface area contributed by atoms with Crippen molar-refractivity contribution >= 4 is 5.97 Å². The number of nitrogens with two attached hydrogens (primary N) is 1. The van der Waals surface area contributed by atoms with E-state index in [1.807, 2.05) is 5.59 Å². The van der Waals surface area contributed by atoms with Crippen LogP contribution in [-0.4, -0.2) is 19.2 Å². The fourth-order valence-corrected chi connectivity index (χ4v) is 1.41. The molecule has 0 saturated heterocycles. The van der Waals surface area contributed by atoms with Crippen molar-refractivity contribution in [2.24, 2.45) is 11.8 Å². The average Bonchev–Trinajstić information content (AvgIpc) is 2.08. The van der Waals surface area contributed by atoms with Gasteiger partial charge in [-0.15, -0.1) is 0 Å². The van der Waals surface area contributed by atoms with Crippen LogP contribution in [-0.2, 0) is 14.4 Å². The van der Waals surface area contributed by atoms with Crippen molar-refractivity contribution in [1.82, 2.24) is 5.59 Å². The van der Waals surface area contributed by atoms with E-state index >= 15 is 0 Å². The molecule has 5 heteroatoms. The second-order valence-electron chi connectivity index (χ2n) is 3.54. The molecule has 3 N–H and O–H groups in total. The second-order valence-corrected chi connectivity index (χ2v) is 3.54. The number of hydrogen-bond acceptors (Lipinski definition) is 5. The van der Waals surface area contributed by atoms with E-state index < -0.39 is 5.97 Å². The lowest BCUT2D eigenvalue weighted by atomic mass is 9.83. The first-order valence-electron chi connectivity index (χ1n) is 5.06. The van der Waals surface area contributed by atoms with Crippen LogP contribution in [0, 0.1) is 5.92 Å². The number of ether oxygens (including phenoxy) is 1. The molecular weight excluding hydrogens is 184 g/mol. The normalized spacial score (nSPS) is 16.4. The van der Waals surface area contributed by atoms with Crippen molar-refractivity contribution in [1.29, 1.82) is 0 Å². The van der Waals surface area contributed by atoms with Gasteiger partial charge in [0.2, 0.25) is 0 Å². The second kappa shape index (κ2) is 6.75. The summed E-state index contributed by atoms with van der Waals surface area (Å²) in [5, 5.41) is 0. The first kappa shape index (κ1) is 11.4. The molecule has 0 aromatic rings. The highest BCUT2D eigenvalue weighted by Gasteiger charge is 2.16. The summed E-state index contributed by atoms with van der Waals surface area (Å²) in [6, 6.07) is 0. The molecule has 1 aliphatic rings. The lowest BCUT2D eigenvalue weighted by Crippen LogP contribution is -2.26. The van der Waals surface area contributed by atoms with Gasteiger partial charge in [-0.2, -0.15) is 0 Å². The van der Waals surface area contributed by atoms with Crippen LogP contribution in [0.1, 0.15) is 32.1 Å². The van der Waals surface area contributed by atoms with Crippen LogP contribution in [0.2, 0.25) is 0 Å². The van der Waals surface area contributed by atoms with Gasteiger partial charge in [-0.25, -0.2) is 5.84 Å². The van der Waals surface area contributed by atoms with Crippen LogP contribution >= 0.6 is 0 Å². The van der Waals surface area contributed by atoms with E-state index in [2.05, 4.69) is 4.84 Å². The Bertz CT molecular complexity index is 171. The maximum Gasteiger partial charge on any atom is 0.328 e. The Morgan fingerprint density at radius 2 is 2.21 bits per heavy atom. The van der Waals surface area contributed by atoms with Crippen molar-refractivity contribution in [3.63, 3.8) is 0 Å². The fourth-order valence-electron chi connectivity index (χ4n) is 1.41. The summed E-state index contributed by atoms with van der Waals surface area (Å²) in [7, 11) is 0. The first-order chi connectivity index (χ1) is 6.83. The molecule has 14 heavy (non-hydrogen) atoms. The van der Waals surface area contributed by atoms with E-state index in [-0.39, 0.29) is 6.42 Å². The summed E-state index contributed by atoms with van der Waals surface area (Å²) < 4.78 is 5.29. The van der Waals surface area contributed by atoms with Crippen molar-refractivity contribution in [2.45, 2.75) is 32.1 Å². The van der Waals surface area contributed by atoms with Gasteiger partial charge < -0.3 is 9.57 Å². The minimum atomic E-state index is -0.392. The van der Waals surface area contributed by atoms with Gasteiger partial charge in [-0.1, -0.05) is 24.9 Å². The van der Waals surface area contributed by atoms with Gasteiger partial charge in [0.05, 0.1) is 13.0 Å². The quantitative estimate of drug-likeness (QED) is 0.357. The van der Waals surface area contributed by atoms with Crippen molar-refractivity contribution in [3.8, 4) is 0 Å². The van der Waals surface area contributed by atoms with Crippen LogP contribution in [0.4, 0.5) is 0 Å². The van der Waals surface area contributed by atoms with Crippen molar-refractivity contribution in [3.05, 3.63) is 0 Å². The Balaban J connectivity index is 1.81. The molecule has 0 radical (unpaired) electrons. The van der Waals surface area contributed by atoms with Crippen LogP contribution in [0.25, 0.3) is 0 Å². The molecule has 1 saturated carbocycles. The van der Waals surface area contributed by atoms with Gasteiger partial charge >= 0.3 is 5.97 Å². The van der Waals surface area contributed by atoms with Crippen LogP contribution in [0.3, 0.4) is 0 Å². The number of nitrogens with one attached hydrogen (secondary N) is 1. The third-order valence-corrected chi connectivity index (χ3v) is 2.52. The van der Waals surface area contributed by atoms with E-state index in [4.69, 9.17) is 10.6 Å². The van der Waals surface area contributed by atoms with Gasteiger partial charge in [0.15, 0.2) is 0 Å². The van der Waals surface area contributed by atoms with Gasteiger partial charge in [0.1, 0.15) is 0 Å². The molecule has 0 aliphatic heterocycles. The Morgan fingerprint density at radius 3 is 2.79 bits per heavy atom. The lowest BCUT2D eigenvalue weighted by Gasteiger charge is -2.24. The molecule has 1 fully saturated rings. The molecule has 0 aromatic carbocycles. The number of carbonyl (C=O) groups excluding carboxylic acids is 1. The molecule has 1 aliphatic carbocycles. The SMILES string of the molecule is NNOC(=O)CCOCCC1CCC1. The summed E-state index contributed by atoms with van der Waals surface area (Å²) >= 11 is 0. The van der Waals surface area contributed by atoms with E-state index in [1.165, 1.54) is 19.3 Å². The fraction of sp³-hybridized carbons (Fsp3) is 0.889. The molecule has 0 bridgehead atoms. The monoisotopic (exact) mass is 202 g/mol. The zero-order valence-corrected chi connectivity index (χ0v) is 8.33. The smallest absolute Gasteiger partial charge is 0.328 e. The van der Waals surface area contributed by atoms with Gasteiger partial charge in [0.25, 0.3) is 0 Å². The van der Waals surface area contributed by atoms with Crippen LogP contribution in [0.5, 0.6) is 0 Å². The van der Waals surface area contributed by atoms with Gasteiger partial charge in [-0.05, 0) is 12.3 Å². The van der Waals surface area contributed by atoms with E-state index in [0.717, 1.165) is 18.9 Å². The molecule has 5 nitrogen and oxygen atoms in total. The van der Waals surface area contributed by atoms with Crippen LogP contribution in [0.15, 0.2) is 0 Å². The summed E-state index contributed by atoms with van der Waals surface area (Å²) in [5.74, 6) is 5.25. The first-order valence-corrected chi connectivity index (χ1v) is 5.06. The highest BCUT2D eigenvalue weighted by atomic mass is 16.7. The number of carbonyl (C=O) groups is 1. The zero-order valence-electron chi connectivity index (χ0n) is 8.33. The Hall–Kier alpha value is -0.650. The molecule has 0 amide bonds. The average molecular weight is 202 g/mol. The molecular formula is C9H18N2O3. The molecule has 82 valence electrons. The van der Waals surface area contributed by atoms with E-state index in [1.54, 1.807) is 0 Å². The predicted molar refractivity (Wildman–Crippen MR) is 50.8 cm³/mol. The van der Waals surface area contributed by atoms with Gasteiger partial charge in [-0.3, -0.25) is 4.79 Å². The van der Waals surface area contributed by atoms with Crippen LogP contribution < -0.4 is 11.4 Å². The summed E-state index contributed by atoms with van der Waals surface area (Å²) in [4.78, 5) is 15.1. The zero-order chi connectivity index (χ0) is 10.2. The van der Waals surface area contributed by atoms with Crippen molar-refractivity contribution in [2.75, 3.05) is 13.2 Å². The molecule has 0 heterocycles. The highest BCUT2D eigenvalue weighted by molar-refractivity contribution is 5.69. The summed E-state index contributed by atoms with van der Waals surface area (Å²) in [5.41, 5.74) is 1.84. The van der Waals surface area contributed by atoms with Gasteiger partial charge in [0, 0.05) is 6.61 Å². The lowest BCUT2D eigenvalue weighted by molar-refractivity contribution is -0.152. The number of hydrogen-bond donors (Lipinski definition) is 2. The predicted octanol–water partition coefficient (Wildman–Crippen LogP) is 0.505.